The van der Waals surface area contributed by atoms with Crippen LogP contribution in [0, 0.1) is 0 Å². The fourth-order valence-electron chi connectivity index (χ4n) is 3.91. The SMILES string of the molecule is CN1CCc2c(nc(-c3nsc4c(C(N)=O)cccc34)nc2NCc2ccccc2)C1. The van der Waals surface area contributed by atoms with Crippen molar-refractivity contribution in [2.75, 3.05) is 18.9 Å². The van der Waals surface area contributed by atoms with Crippen LogP contribution in [0.5, 0.6) is 0 Å². The average molecular weight is 431 g/mol. The lowest BCUT2D eigenvalue weighted by Gasteiger charge is -2.26. The molecule has 0 aliphatic carbocycles. The number of nitrogens with zero attached hydrogens (tertiary/aromatic N) is 4. The first-order valence-corrected chi connectivity index (χ1v) is 10.9. The third-order valence-electron chi connectivity index (χ3n) is 5.53. The van der Waals surface area contributed by atoms with Gasteiger partial charge in [0.05, 0.1) is 16.0 Å². The Morgan fingerprint density at radius 1 is 1.16 bits per heavy atom. The molecule has 1 aliphatic heterocycles. The molecule has 156 valence electrons. The van der Waals surface area contributed by atoms with Gasteiger partial charge in [0.15, 0.2) is 5.82 Å². The van der Waals surface area contributed by atoms with E-state index in [0.29, 0.717) is 23.6 Å². The number of aromatic nitrogens is 3. The summed E-state index contributed by atoms with van der Waals surface area (Å²) < 4.78 is 5.37. The second-order valence-corrected chi connectivity index (χ2v) is 8.50. The number of nitrogens with two attached hydrogens (primary N) is 1. The van der Waals surface area contributed by atoms with Crippen molar-refractivity contribution < 1.29 is 4.79 Å². The number of amides is 1. The topological polar surface area (TPSA) is 97.0 Å². The molecule has 7 nitrogen and oxygen atoms in total. The van der Waals surface area contributed by atoms with Gasteiger partial charge in [0.1, 0.15) is 11.5 Å². The lowest BCUT2D eigenvalue weighted by Crippen LogP contribution is -2.29. The largest absolute Gasteiger partial charge is 0.366 e. The number of carbonyl (C=O) groups is 1. The summed E-state index contributed by atoms with van der Waals surface area (Å²) in [4.78, 5) is 23.8. The minimum atomic E-state index is -0.459. The highest BCUT2D eigenvalue weighted by molar-refractivity contribution is 7.14. The molecule has 0 saturated heterocycles. The third-order valence-corrected chi connectivity index (χ3v) is 6.43. The van der Waals surface area contributed by atoms with Crippen LogP contribution in [0.25, 0.3) is 21.6 Å². The van der Waals surface area contributed by atoms with Gasteiger partial charge in [-0.2, -0.15) is 4.37 Å². The van der Waals surface area contributed by atoms with E-state index < -0.39 is 5.91 Å². The van der Waals surface area contributed by atoms with Gasteiger partial charge in [-0.3, -0.25) is 4.79 Å². The number of hydrogen-bond acceptors (Lipinski definition) is 7. The van der Waals surface area contributed by atoms with Crippen molar-refractivity contribution in [3.05, 3.63) is 70.9 Å². The number of likely N-dealkylation sites (N-methyl/N-ethyl adjacent to an activating group) is 1. The predicted molar refractivity (Wildman–Crippen MR) is 123 cm³/mol. The summed E-state index contributed by atoms with van der Waals surface area (Å²) in [5.74, 6) is 0.959. The molecule has 2 aromatic carbocycles. The van der Waals surface area contributed by atoms with Gasteiger partial charge in [-0.15, -0.1) is 0 Å². The molecule has 5 rings (SSSR count). The minimum absolute atomic E-state index is 0.459. The van der Waals surface area contributed by atoms with Gasteiger partial charge in [0.2, 0.25) is 5.91 Å². The second kappa shape index (κ2) is 8.05. The first-order valence-electron chi connectivity index (χ1n) is 10.1. The monoisotopic (exact) mass is 430 g/mol. The highest BCUT2D eigenvalue weighted by atomic mass is 32.1. The molecular weight excluding hydrogens is 408 g/mol. The van der Waals surface area contributed by atoms with Gasteiger partial charge in [-0.05, 0) is 36.6 Å². The summed E-state index contributed by atoms with van der Waals surface area (Å²) >= 11 is 1.26. The number of benzene rings is 2. The Labute approximate surface area is 184 Å². The Bertz CT molecular complexity index is 1270. The fraction of sp³-hybridized carbons (Fsp3) is 0.217. The number of rotatable bonds is 5. The molecule has 0 saturated carbocycles. The average Bonchev–Trinajstić information content (AvgIpc) is 3.22. The molecule has 1 amide bonds. The van der Waals surface area contributed by atoms with Gasteiger partial charge < -0.3 is 16.0 Å². The van der Waals surface area contributed by atoms with E-state index in [2.05, 4.69) is 33.8 Å². The van der Waals surface area contributed by atoms with Crippen molar-refractivity contribution in [2.45, 2.75) is 19.5 Å². The van der Waals surface area contributed by atoms with Gasteiger partial charge in [-0.1, -0.05) is 42.5 Å². The molecule has 31 heavy (non-hydrogen) atoms. The van der Waals surface area contributed by atoms with Crippen molar-refractivity contribution >= 4 is 33.3 Å². The van der Waals surface area contributed by atoms with E-state index in [-0.39, 0.29) is 0 Å². The molecule has 0 bridgehead atoms. The summed E-state index contributed by atoms with van der Waals surface area (Å²) in [7, 11) is 2.10. The van der Waals surface area contributed by atoms with Crippen molar-refractivity contribution in [3.63, 3.8) is 0 Å². The fourth-order valence-corrected chi connectivity index (χ4v) is 4.81. The molecule has 0 spiro atoms. The number of fused-ring (bicyclic) bond motifs is 2. The van der Waals surface area contributed by atoms with Gasteiger partial charge in [0, 0.05) is 30.6 Å². The van der Waals surface area contributed by atoms with E-state index in [9.17, 15) is 4.79 Å². The smallest absolute Gasteiger partial charge is 0.250 e. The standard InChI is InChI=1S/C23H22N6OS/c1-29-11-10-15-18(13-29)26-23(27-22(15)25-12-14-6-3-2-4-7-14)19-16-8-5-9-17(21(24)30)20(16)31-28-19/h2-9H,10-13H2,1H3,(H2,24,30)(H,25,26,27). The van der Waals surface area contributed by atoms with Crippen LogP contribution >= 0.6 is 11.5 Å². The van der Waals surface area contributed by atoms with E-state index in [1.54, 1.807) is 6.07 Å². The van der Waals surface area contributed by atoms with E-state index in [0.717, 1.165) is 46.7 Å². The molecule has 0 unspecified atom stereocenters. The van der Waals surface area contributed by atoms with Crippen LogP contribution in [0.1, 0.15) is 27.2 Å². The summed E-state index contributed by atoms with van der Waals surface area (Å²) in [6, 6.07) is 15.7. The zero-order valence-corrected chi connectivity index (χ0v) is 17.9. The van der Waals surface area contributed by atoms with Crippen molar-refractivity contribution in [1.29, 1.82) is 0 Å². The Hall–Kier alpha value is -3.36. The molecule has 0 atom stereocenters. The number of anilines is 1. The second-order valence-electron chi connectivity index (χ2n) is 7.73. The Kier molecular flexibility index (Phi) is 5.09. The van der Waals surface area contributed by atoms with Crippen LogP contribution in [0.2, 0.25) is 0 Å². The summed E-state index contributed by atoms with van der Waals surface area (Å²) in [5, 5.41) is 4.36. The van der Waals surface area contributed by atoms with Crippen LogP contribution < -0.4 is 11.1 Å². The molecule has 4 aromatic rings. The van der Waals surface area contributed by atoms with Crippen molar-refractivity contribution in [2.24, 2.45) is 5.73 Å². The van der Waals surface area contributed by atoms with Crippen LogP contribution in [0.15, 0.2) is 48.5 Å². The molecule has 2 aromatic heterocycles. The maximum Gasteiger partial charge on any atom is 0.250 e. The van der Waals surface area contributed by atoms with Crippen LogP contribution in [0.4, 0.5) is 5.82 Å². The number of nitrogens with one attached hydrogen (secondary N) is 1. The van der Waals surface area contributed by atoms with E-state index in [1.165, 1.54) is 17.1 Å². The van der Waals surface area contributed by atoms with Gasteiger partial charge in [-0.25, -0.2) is 9.97 Å². The minimum Gasteiger partial charge on any atom is -0.366 e. The van der Waals surface area contributed by atoms with E-state index >= 15 is 0 Å². The van der Waals surface area contributed by atoms with Crippen LogP contribution in [-0.4, -0.2) is 38.7 Å². The maximum absolute atomic E-state index is 11.8. The highest BCUT2D eigenvalue weighted by Gasteiger charge is 2.23. The lowest BCUT2D eigenvalue weighted by molar-refractivity contribution is 0.100. The van der Waals surface area contributed by atoms with Crippen molar-refractivity contribution in [1.82, 2.24) is 19.2 Å². The summed E-state index contributed by atoms with van der Waals surface area (Å²) in [5.41, 5.74) is 10.1. The molecule has 8 heteroatoms. The molecule has 3 heterocycles. The Morgan fingerprint density at radius 3 is 2.81 bits per heavy atom. The normalized spacial score (nSPS) is 13.8. The van der Waals surface area contributed by atoms with E-state index in [1.807, 2.05) is 30.3 Å². The van der Waals surface area contributed by atoms with Crippen LogP contribution in [-0.2, 0) is 19.5 Å². The number of carbonyl (C=O) groups excluding carboxylic acids is 1. The summed E-state index contributed by atoms with van der Waals surface area (Å²) in [6.07, 6.45) is 0.896. The van der Waals surface area contributed by atoms with Gasteiger partial charge >= 0.3 is 0 Å². The summed E-state index contributed by atoms with van der Waals surface area (Å²) in [6.45, 7) is 2.42. The first kappa shape index (κ1) is 19.6. The zero-order valence-electron chi connectivity index (χ0n) is 17.1. The quantitative estimate of drug-likeness (QED) is 0.503. The molecule has 0 fully saturated rings. The third kappa shape index (κ3) is 3.75. The molecular formula is C23H22N6OS. The lowest BCUT2D eigenvalue weighted by atomic mass is 10.0. The highest BCUT2D eigenvalue weighted by Crippen LogP contribution is 2.33. The first-order chi connectivity index (χ1) is 15.1. The predicted octanol–water partition coefficient (Wildman–Crippen LogP) is 3.45. The molecule has 0 radical (unpaired) electrons. The Balaban J connectivity index is 1.59. The van der Waals surface area contributed by atoms with Gasteiger partial charge in [0.25, 0.3) is 0 Å². The maximum atomic E-state index is 11.8. The van der Waals surface area contributed by atoms with E-state index in [4.69, 9.17) is 15.7 Å². The molecule has 3 N–H and O–H groups in total. The van der Waals surface area contributed by atoms with Crippen molar-refractivity contribution in [3.8, 4) is 11.5 Å². The Morgan fingerprint density at radius 2 is 2.00 bits per heavy atom. The zero-order chi connectivity index (χ0) is 21.4. The number of primary amides is 1. The number of hydrogen-bond donors (Lipinski definition) is 2. The molecule has 1 aliphatic rings. The van der Waals surface area contributed by atoms with Crippen LogP contribution in [0.3, 0.4) is 0 Å².